The lowest BCUT2D eigenvalue weighted by Crippen LogP contribution is -2.36. The van der Waals surface area contributed by atoms with Gasteiger partial charge in [-0.05, 0) is 60.2 Å². The Hall–Kier alpha value is -3.35. The van der Waals surface area contributed by atoms with Crippen molar-refractivity contribution in [1.82, 2.24) is 0 Å². The summed E-state index contributed by atoms with van der Waals surface area (Å²) in [4.78, 5) is 19.3. The molecule has 0 bridgehead atoms. The Labute approximate surface area is 192 Å². The number of halogens is 1. The van der Waals surface area contributed by atoms with Crippen molar-refractivity contribution in [2.24, 2.45) is 4.99 Å². The number of anilines is 1. The molecular formula is C25H23ClN2O4. The second kappa shape index (κ2) is 10.3. The van der Waals surface area contributed by atoms with Gasteiger partial charge in [0, 0.05) is 25.0 Å². The van der Waals surface area contributed by atoms with Gasteiger partial charge in [-0.25, -0.2) is 4.79 Å². The SMILES string of the molecule is COc1cc(C=Nc2ccc(N3CCOCC3)cc2)ccc1OC(=O)c1ccccc1Cl. The van der Waals surface area contributed by atoms with Gasteiger partial charge in [0.15, 0.2) is 11.5 Å². The van der Waals surface area contributed by atoms with Crippen LogP contribution in [0.25, 0.3) is 0 Å². The van der Waals surface area contributed by atoms with Crippen LogP contribution in [0.4, 0.5) is 11.4 Å². The van der Waals surface area contributed by atoms with E-state index in [1.807, 2.05) is 18.2 Å². The summed E-state index contributed by atoms with van der Waals surface area (Å²) in [6.45, 7) is 3.31. The molecule has 1 aliphatic rings. The Morgan fingerprint density at radius 3 is 2.50 bits per heavy atom. The molecule has 0 aliphatic carbocycles. The minimum atomic E-state index is -0.546. The van der Waals surface area contributed by atoms with Crippen LogP contribution in [0.15, 0.2) is 71.7 Å². The molecule has 0 radical (unpaired) electrons. The van der Waals surface area contributed by atoms with Gasteiger partial charge in [0.25, 0.3) is 0 Å². The monoisotopic (exact) mass is 450 g/mol. The largest absolute Gasteiger partial charge is 0.493 e. The van der Waals surface area contributed by atoms with Gasteiger partial charge in [-0.1, -0.05) is 23.7 Å². The molecule has 1 saturated heterocycles. The van der Waals surface area contributed by atoms with Gasteiger partial charge in [0.1, 0.15) is 0 Å². The van der Waals surface area contributed by atoms with Crippen molar-refractivity contribution in [2.45, 2.75) is 0 Å². The van der Waals surface area contributed by atoms with E-state index < -0.39 is 5.97 Å². The van der Waals surface area contributed by atoms with Crippen LogP contribution in [0.2, 0.25) is 5.02 Å². The molecule has 4 rings (SSSR count). The first-order valence-electron chi connectivity index (χ1n) is 10.3. The number of ether oxygens (including phenoxy) is 3. The maximum absolute atomic E-state index is 12.4. The highest BCUT2D eigenvalue weighted by atomic mass is 35.5. The number of nitrogens with zero attached hydrogens (tertiary/aromatic N) is 2. The summed E-state index contributed by atoms with van der Waals surface area (Å²) in [6, 6.07) is 20.1. The summed E-state index contributed by atoms with van der Waals surface area (Å²) in [6.07, 6.45) is 1.74. The molecule has 6 nitrogen and oxygen atoms in total. The highest BCUT2D eigenvalue weighted by molar-refractivity contribution is 6.33. The molecule has 1 fully saturated rings. The van der Waals surface area contributed by atoms with Crippen molar-refractivity contribution in [1.29, 1.82) is 0 Å². The molecule has 0 amide bonds. The van der Waals surface area contributed by atoms with E-state index in [-0.39, 0.29) is 0 Å². The second-order valence-electron chi connectivity index (χ2n) is 7.15. The first-order chi connectivity index (χ1) is 15.6. The summed E-state index contributed by atoms with van der Waals surface area (Å²) < 4.78 is 16.3. The molecule has 164 valence electrons. The van der Waals surface area contributed by atoms with Gasteiger partial charge < -0.3 is 19.1 Å². The number of esters is 1. The maximum atomic E-state index is 12.4. The number of hydrogen-bond donors (Lipinski definition) is 0. The minimum absolute atomic E-state index is 0.294. The van der Waals surface area contributed by atoms with Gasteiger partial charge in [0.05, 0.1) is 36.6 Å². The third-order valence-corrected chi connectivity index (χ3v) is 5.40. The molecule has 0 saturated carbocycles. The highest BCUT2D eigenvalue weighted by Gasteiger charge is 2.15. The molecular weight excluding hydrogens is 428 g/mol. The molecule has 1 heterocycles. The number of aliphatic imine (C=N–C) groups is 1. The topological polar surface area (TPSA) is 60.4 Å². The number of morpholine rings is 1. The molecule has 0 atom stereocenters. The second-order valence-corrected chi connectivity index (χ2v) is 7.56. The van der Waals surface area contributed by atoms with Crippen molar-refractivity contribution >= 4 is 35.2 Å². The summed E-state index contributed by atoms with van der Waals surface area (Å²) in [5, 5.41) is 0.333. The van der Waals surface area contributed by atoms with Gasteiger partial charge in [0.2, 0.25) is 0 Å². The summed E-state index contributed by atoms with van der Waals surface area (Å²) in [7, 11) is 1.52. The summed E-state index contributed by atoms with van der Waals surface area (Å²) in [5.41, 5.74) is 3.12. The van der Waals surface area contributed by atoms with Crippen molar-refractivity contribution in [2.75, 3.05) is 38.3 Å². The Morgan fingerprint density at radius 1 is 1.03 bits per heavy atom. The quantitative estimate of drug-likeness (QED) is 0.295. The number of methoxy groups -OCH3 is 1. The molecule has 1 aliphatic heterocycles. The number of hydrogen-bond acceptors (Lipinski definition) is 6. The van der Waals surface area contributed by atoms with Crippen molar-refractivity contribution in [3.05, 3.63) is 82.9 Å². The van der Waals surface area contributed by atoms with E-state index in [1.165, 1.54) is 12.8 Å². The lowest BCUT2D eigenvalue weighted by Gasteiger charge is -2.28. The molecule has 3 aromatic rings. The maximum Gasteiger partial charge on any atom is 0.345 e. The lowest BCUT2D eigenvalue weighted by molar-refractivity contribution is 0.0730. The van der Waals surface area contributed by atoms with E-state index in [9.17, 15) is 4.79 Å². The van der Waals surface area contributed by atoms with E-state index >= 15 is 0 Å². The molecule has 3 aromatic carbocycles. The molecule has 32 heavy (non-hydrogen) atoms. The van der Waals surface area contributed by atoms with E-state index in [0.717, 1.165) is 37.6 Å². The van der Waals surface area contributed by atoms with Crippen LogP contribution in [0.3, 0.4) is 0 Å². The van der Waals surface area contributed by atoms with Crippen LogP contribution < -0.4 is 14.4 Å². The summed E-state index contributed by atoms with van der Waals surface area (Å²) in [5.74, 6) is 0.192. The van der Waals surface area contributed by atoms with Gasteiger partial charge in [-0.3, -0.25) is 4.99 Å². The predicted octanol–water partition coefficient (Wildman–Crippen LogP) is 5.16. The number of carbonyl (C=O) groups is 1. The van der Waals surface area contributed by atoms with E-state index in [1.54, 1.807) is 42.6 Å². The number of benzene rings is 3. The Balaban J connectivity index is 1.45. The highest BCUT2D eigenvalue weighted by Crippen LogP contribution is 2.29. The molecule has 0 spiro atoms. The van der Waals surface area contributed by atoms with E-state index in [0.29, 0.717) is 22.1 Å². The first kappa shape index (κ1) is 21.9. The number of carbonyl (C=O) groups excluding carboxylic acids is 1. The van der Waals surface area contributed by atoms with Crippen molar-refractivity contribution < 1.29 is 19.0 Å². The van der Waals surface area contributed by atoms with Crippen LogP contribution in [-0.2, 0) is 4.74 Å². The van der Waals surface area contributed by atoms with Gasteiger partial charge in [-0.2, -0.15) is 0 Å². The zero-order valence-electron chi connectivity index (χ0n) is 17.7. The van der Waals surface area contributed by atoms with Gasteiger partial charge in [-0.15, -0.1) is 0 Å². The van der Waals surface area contributed by atoms with E-state index in [2.05, 4.69) is 22.0 Å². The summed E-state index contributed by atoms with van der Waals surface area (Å²) >= 11 is 6.08. The zero-order valence-corrected chi connectivity index (χ0v) is 18.4. The van der Waals surface area contributed by atoms with Crippen molar-refractivity contribution in [3.63, 3.8) is 0 Å². The average molecular weight is 451 g/mol. The number of rotatable bonds is 6. The van der Waals surface area contributed by atoms with Crippen LogP contribution in [0, 0.1) is 0 Å². The van der Waals surface area contributed by atoms with Crippen LogP contribution >= 0.6 is 11.6 Å². The van der Waals surface area contributed by atoms with Crippen LogP contribution in [0.5, 0.6) is 11.5 Å². The fourth-order valence-electron chi connectivity index (χ4n) is 3.35. The normalized spacial score (nSPS) is 13.9. The third-order valence-electron chi connectivity index (χ3n) is 5.07. The Kier molecular flexibility index (Phi) is 7.04. The minimum Gasteiger partial charge on any atom is -0.493 e. The molecule has 0 N–H and O–H groups in total. The Bertz CT molecular complexity index is 1110. The molecule has 7 heteroatoms. The van der Waals surface area contributed by atoms with Crippen LogP contribution in [0.1, 0.15) is 15.9 Å². The standard InChI is InChI=1S/C25H23ClN2O4/c1-30-24-16-18(6-11-23(24)32-25(29)21-4-2-3-5-22(21)26)17-27-19-7-9-20(10-8-19)28-12-14-31-15-13-28/h2-11,16-17H,12-15H2,1H3. The smallest absolute Gasteiger partial charge is 0.345 e. The molecule has 0 aromatic heterocycles. The first-order valence-corrected chi connectivity index (χ1v) is 10.6. The van der Waals surface area contributed by atoms with E-state index in [4.69, 9.17) is 25.8 Å². The molecule has 0 unspecified atom stereocenters. The average Bonchev–Trinajstić information content (AvgIpc) is 2.84. The zero-order chi connectivity index (χ0) is 22.3. The fraction of sp³-hybridized carbons (Fsp3) is 0.200. The van der Waals surface area contributed by atoms with Crippen LogP contribution in [-0.4, -0.2) is 45.6 Å². The fourth-order valence-corrected chi connectivity index (χ4v) is 3.56. The van der Waals surface area contributed by atoms with Crippen molar-refractivity contribution in [3.8, 4) is 11.5 Å². The third kappa shape index (κ3) is 5.28. The Morgan fingerprint density at radius 2 is 1.78 bits per heavy atom. The lowest BCUT2D eigenvalue weighted by atomic mass is 10.2. The predicted molar refractivity (Wildman–Crippen MR) is 126 cm³/mol. The van der Waals surface area contributed by atoms with Gasteiger partial charge >= 0.3 is 5.97 Å².